The van der Waals surface area contributed by atoms with Gasteiger partial charge in [0.1, 0.15) is 11.5 Å². The third-order valence-electron chi connectivity index (χ3n) is 3.05. The number of nitrogens with zero attached hydrogens (tertiary/aromatic N) is 1. The van der Waals surface area contributed by atoms with Gasteiger partial charge in [-0.2, -0.15) is 0 Å². The van der Waals surface area contributed by atoms with Gasteiger partial charge in [0, 0.05) is 13.1 Å². The van der Waals surface area contributed by atoms with Gasteiger partial charge in [-0.1, -0.05) is 0 Å². The number of hydrogen-bond acceptors (Lipinski definition) is 5. The summed E-state index contributed by atoms with van der Waals surface area (Å²) in [6.45, 7) is 7.96. The first kappa shape index (κ1) is 16.8. The molecule has 1 amide bonds. The summed E-state index contributed by atoms with van der Waals surface area (Å²) in [5.74, 6) is -1.17. The third kappa shape index (κ3) is 5.00. The van der Waals surface area contributed by atoms with Crippen LogP contribution in [0.5, 0.6) is 0 Å². The van der Waals surface area contributed by atoms with Gasteiger partial charge < -0.3 is 19.5 Å². The maximum absolute atomic E-state index is 12.1. The topological polar surface area (TPSA) is 76.1 Å². The van der Waals surface area contributed by atoms with E-state index >= 15 is 0 Å². The Kier molecular flexibility index (Phi) is 5.80. The lowest BCUT2D eigenvalue weighted by Gasteiger charge is -2.28. The molecule has 6 nitrogen and oxygen atoms in total. The van der Waals surface area contributed by atoms with Gasteiger partial charge in [-0.25, -0.2) is 4.79 Å². The first-order chi connectivity index (χ1) is 9.24. The van der Waals surface area contributed by atoms with E-state index in [1.54, 1.807) is 27.7 Å². The number of carbonyl (C=O) groups excluding carboxylic acids is 2. The molecule has 2 atom stereocenters. The number of rotatable bonds is 2. The fourth-order valence-electron chi connectivity index (χ4n) is 2.12. The number of likely N-dealkylation sites (tertiary alicyclic amines) is 1. The SMILES string of the molecule is CCOC(=O)[C@@H]1CN(C(=O)OC(C)(C)C)CCC[C@H]1O. The van der Waals surface area contributed by atoms with Gasteiger partial charge in [0.05, 0.1) is 12.7 Å². The van der Waals surface area contributed by atoms with Crippen LogP contribution in [0.4, 0.5) is 4.79 Å². The van der Waals surface area contributed by atoms with Crippen LogP contribution in [0, 0.1) is 5.92 Å². The Hall–Kier alpha value is -1.30. The standard InChI is InChI=1S/C14H25NO5/c1-5-19-12(17)10-9-15(8-6-7-11(10)16)13(18)20-14(2,3)4/h10-11,16H,5-9H2,1-4H3/t10-,11-/m1/s1. The average Bonchev–Trinajstić information content (AvgIpc) is 2.49. The zero-order chi connectivity index (χ0) is 15.3. The molecule has 0 aromatic rings. The Balaban J connectivity index is 2.73. The van der Waals surface area contributed by atoms with Crippen molar-refractivity contribution in [3.05, 3.63) is 0 Å². The summed E-state index contributed by atoms with van der Waals surface area (Å²) >= 11 is 0. The van der Waals surface area contributed by atoms with E-state index in [0.717, 1.165) is 0 Å². The van der Waals surface area contributed by atoms with E-state index in [9.17, 15) is 14.7 Å². The second-order valence-corrected chi connectivity index (χ2v) is 5.99. The van der Waals surface area contributed by atoms with E-state index in [1.807, 2.05) is 0 Å². The van der Waals surface area contributed by atoms with E-state index in [4.69, 9.17) is 9.47 Å². The van der Waals surface area contributed by atoms with Crippen molar-refractivity contribution in [1.82, 2.24) is 4.90 Å². The summed E-state index contributed by atoms with van der Waals surface area (Å²) in [6, 6.07) is 0. The first-order valence-corrected chi connectivity index (χ1v) is 7.07. The molecule has 0 spiro atoms. The predicted molar refractivity (Wildman–Crippen MR) is 73.2 cm³/mol. The Labute approximate surface area is 120 Å². The molecular weight excluding hydrogens is 262 g/mol. The molecule has 0 unspecified atom stereocenters. The van der Waals surface area contributed by atoms with Crippen LogP contribution in [-0.2, 0) is 14.3 Å². The lowest BCUT2D eigenvalue weighted by molar-refractivity contribution is -0.152. The van der Waals surface area contributed by atoms with E-state index in [0.29, 0.717) is 19.4 Å². The maximum atomic E-state index is 12.1. The number of ether oxygens (including phenoxy) is 2. The molecule has 0 aliphatic carbocycles. The van der Waals surface area contributed by atoms with Crippen molar-refractivity contribution in [3.63, 3.8) is 0 Å². The Bertz CT molecular complexity index is 350. The highest BCUT2D eigenvalue weighted by Gasteiger charge is 2.35. The summed E-state index contributed by atoms with van der Waals surface area (Å²) in [4.78, 5) is 25.4. The van der Waals surface area contributed by atoms with Gasteiger partial charge in [-0.05, 0) is 40.5 Å². The Morgan fingerprint density at radius 1 is 1.35 bits per heavy atom. The molecule has 0 aromatic heterocycles. The van der Waals surface area contributed by atoms with Gasteiger partial charge in [-0.15, -0.1) is 0 Å². The monoisotopic (exact) mass is 287 g/mol. The lowest BCUT2D eigenvalue weighted by atomic mass is 10.0. The molecule has 0 radical (unpaired) electrons. The van der Waals surface area contributed by atoms with Gasteiger partial charge in [0.15, 0.2) is 0 Å². The molecule has 20 heavy (non-hydrogen) atoms. The third-order valence-corrected chi connectivity index (χ3v) is 3.05. The number of esters is 1. The largest absolute Gasteiger partial charge is 0.466 e. The van der Waals surface area contributed by atoms with Crippen molar-refractivity contribution in [1.29, 1.82) is 0 Å². The molecule has 1 aliphatic heterocycles. The van der Waals surface area contributed by atoms with Crippen molar-refractivity contribution < 1.29 is 24.2 Å². The van der Waals surface area contributed by atoms with Crippen molar-refractivity contribution in [2.75, 3.05) is 19.7 Å². The van der Waals surface area contributed by atoms with Crippen LogP contribution in [0.3, 0.4) is 0 Å². The first-order valence-electron chi connectivity index (χ1n) is 7.07. The molecule has 1 heterocycles. The Morgan fingerprint density at radius 2 is 2.00 bits per heavy atom. The van der Waals surface area contributed by atoms with Crippen molar-refractivity contribution >= 4 is 12.1 Å². The zero-order valence-corrected chi connectivity index (χ0v) is 12.7. The lowest BCUT2D eigenvalue weighted by Crippen LogP contribution is -2.43. The summed E-state index contributed by atoms with van der Waals surface area (Å²) < 4.78 is 10.3. The highest BCUT2D eigenvalue weighted by atomic mass is 16.6. The second-order valence-electron chi connectivity index (χ2n) is 5.99. The minimum Gasteiger partial charge on any atom is -0.466 e. The minimum absolute atomic E-state index is 0.134. The van der Waals surface area contributed by atoms with Gasteiger partial charge in [0.25, 0.3) is 0 Å². The summed E-state index contributed by atoms with van der Waals surface area (Å²) in [6.07, 6.45) is -0.124. The second kappa shape index (κ2) is 6.92. The van der Waals surface area contributed by atoms with Gasteiger partial charge >= 0.3 is 12.1 Å². The molecule has 6 heteroatoms. The molecule has 1 fully saturated rings. The molecule has 1 aliphatic rings. The van der Waals surface area contributed by atoms with E-state index < -0.39 is 29.7 Å². The highest BCUT2D eigenvalue weighted by molar-refractivity contribution is 5.75. The van der Waals surface area contributed by atoms with Crippen molar-refractivity contribution in [2.24, 2.45) is 5.92 Å². The average molecular weight is 287 g/mol. The molecule has 0 saturated carbocycles. The number of carbonyl (C=O) groups is 2. The van der Waals surface area contributed by atoms with E-state index in [-0.39, 0.29) is 13.2 Å². The molecule has 1 saturated heterocycles. The van der Waals surface area contributed by atoms with Gasteiger partial charge in [-0.3, -0.25) is 4.79 Å². The zero-order valence-electron chi connectivity index (χ0n) is 12.7. The van der Waals surface area contributed by atoms with E-state index in [2.05, 4.69) is 0 Å². The normalized spacial score (nSPS) is 23.9. The van der Waals surface area contributed by atoms with Crippen LogP contribution in [0.1, 0.15) is 40.5 Å². The summed E-state index contributed by atoms with van der Waals surface area (Å²) in [7, 11) is 0. The molecule has 0 bridgehead atoms. The van der Waals surface area contributed by atoms with Crippen LogP contribution in [0.15, 0.2) is 0 Å². The minimum atomic E-state index is -0.776. The molecule has 116 valence electrons. The number of amides is 1. The molecule has 0 aromatic carbocycles. The molecule has 1 rings (SSSR count). The van der Waals surface area contributed by atoms with Crippen LogP contribution in [0.2, 0.25) is 0 Å². The van der Waals surface area contributed by atoms with Crippen LogP contribution < -0.4 is 0 Å². The van der Waals surface area contributed by atoms with E-state index in [1.165, 1.54) is 4.90 Å². The summed E-state index contributed by atoms with van der Waals surface area (Å²) in [5.41, 5.74) is -0.582. The van der Waals surface area contributed by atoms with Crippen LogP contribution in [0.25, 0.3) is 0 Å². The van der Waals surface area contributed by atoms with Crippen LogP contribution >= 0.6 is 0 Å². The fourth-order valence-corrected chi connectivity index (χ4v) is 2.12. The Morgan fingerprint density at radius 3 is 2.55 bits per heavy atom. The smallest absolute Gasteiger partial charge is 0.410 e. The number of hydrogen-bond donors (Lipinski definition) is 1. The maximum Gasteiger partial charge on any atom is 0.410 e. The van der Waals surface area contributed by atoms with Crippen molar-refractivity contribution in [2.45, 2.75) is 52.2 Å². The molecular formula is C14H25NO5. The van der Waals surface area contributed by atoms with Gasteiger partial charge in [0.2, 0.25) is 0 Å². The predicted octanol–water partition coefficient (Wildman–Crippen LogP) is 1.56. The number of aliphatic hydroxyl groups is 1. The quantitative estimate of drug-likeness (QED) is 0.780. The van der Waals surface area contributed by atoms with Crippen molar-refractivity contribution in [3.8, 4) is 0 Å². The highest BCUT2D eigenvalue weighted by Crippen LogP contribution is 2.20. The summed E-state index contributed by atoms with van der Waals surface area (Å²) in [5, 5.41) is 10.00. The molecule has 1 N–H and O–H groups in total. The fraction of sp³-hybridized carbons (Fsp3) is 0.857. The van der Waals surface area contributed by atoms with Crippen LogP contribution in [-0.4, -0.2) is 53.5 Å². The number of aliphatic hydroxyl groups excluding tert-OH is 1.